The largest absolute Gasteiger partial charge is 0.348 e. The lowest BCUT2D eigenvalue weighted by atomic mass is 10.1. The molecule has 1 fully saturated rings. The summed E-state index contributed by atoms with van der Waals surface area (Å²) in [7, 11) is 0. The number of hydrogen-bond donors (Lipinski definition) is 1. The average Bonchev–Trinajstić information content (AvgIpc) is 2.69. The van der Waals surface area contributed by atoms with Crippen LogP contribution in [0.3, 0.4) is 0 Å². The molecule has 1 aliphatic rings. The molecule has 1 aromatic carbocycles. The minimum atomic E-state index is -0.517. The number of halogens is 2. The van der Waals surface area contributed by atoms with Gasteiger partial charge in [-0.25, -0.2) is 4.39 Å². The molecule has 0 aromatic heterocycles. The Bertz CT molecular complexity index is 453. The highest BCUT2D eigenvalue weighted by molar-refractivity contribution is 9.10. The molecule has 3 nitrogen and oxygen atoms in total. The van der Waals surface area contributed by atoms with Crippen molar-refractivity contribution in [2.24, 2.45) is 0 Å². The van der Waals surface area contributed by atoms with Crippen LogP contribution in [0.1, 0.15) is 32.4 Å². The first-order chi connectivity index (χ1) is 8.87. The molecule has 19 heavy (non-hydrogen) atoms. The van der Waals surface area contributed by atoms with Gasteiger partial charge in [-0.1, -0.05) is 15.9 Å². The second-order valence-corrected chi connectivity index (χ2v) is 6.16. The summed E-state index contributed by atoms with van der Waals surface area (Å²) in [6, 6.07) is 4.88. The van der Waals surface area contributed by atoms with Crippen molar-refractivity contribution in [1.29, 1.82) is 0 Å². The Hall–Kier alpha value is -0.490. The number of rotatable bonds is 4. The minimum absolute atomic E-state index is 0.00710. The second-order valence-electron chi connectivity index (χ2n) is 5.25. The Morgan fingerprint density at radius 2 is 2.26 bits per heavy atom. The van der Waals surface area contributed by atoms with E-state index in [1.165, 1.54) is 6.07 Å². The standard InChI is InChI=1S/C14H19BrFNO2/c1-9(12-6-10(15)4-5-13(12)16)17-7-11-8-18-14(2,3)19-11/h4-6,9,11,17H,7-8H2,1-3H3. The van der Waals surface area contributed by atoms with Gasteiger partial charge in [0.1, 0.15) is 5.82 Å². The second kappa shape index (κ2) is 5.87. The molecule has 2 atom stereocenters. The maximum absolute atomic E-state index is 13.7. The summed E-state index contributed by atoms with van der Waals surface area (Å²) in [5, 5.41) is 3.28. The number of ether oxygens (including phenoxy) is 2. The topological polar surface area (TPSA) is 30.5 Å². The lowest BCUT2D eigenvalue weighted by molar-refractivity contribution is -0.137. The van der Waals surface area contributed by atoms with Crippen molar-refractivity contribution in [3.05, 3.63) is 34.1 Å². The monoisotopic (exact) mass is 331 g/mol. The van der Waals surface area contributed by atoms with E-state index in [9.17, 15) is 4.39 Å². The van der Waals surface area contributed by atoms with E-state index in [-0.39, 0.29) is 18.0 Å². The highest BCUT2D eigenvalue weighted by Gasteiger charge is 2.32. The Morgan fingerprint density at radius 1 is 1.53 bits per heavy atom. The highest BCUT2D eigenvalue weighted by Crippen LogP contribution is 2.24. The lowest BCUT2D eigenvalue weighted by Crippen LogP contribution is -2.32. The molecule has 2 rings (SSSR count). The molecule has 0 amide bonds. The van der Waals surface area contributed by atoms with Crippen molar-refractivity contribution in [2.75, 3.05) is 13.2 Å². The van der Waals surface area contributed by atoms with Crippen LogP contribution in [0.5, 0.6) is 0 Å². The van der Waals surface area contributed by atoms with Gasteiger partial charge in [-0.2, -0.15) is 0 Å². The molecule has 1 aliphatic heterocycles. The summed E-state index contributed by atoms with van der Waals surface area (Å²) >= 11 is 3.36. The van der Waals surface area contributed by atoms with Crippen molar-refractivity contribution in [3.8, 4) is 0 Å². The third-order valence-corrected chi connectivity index (χ3v) is 3.64. The lowest BCUT2D eigenvalue weighted by Gasteiger charge is -2.20. The van der Waals surface area contributed by atoms with E-state index >= 15 is 0 Å². The molecule has 1 N–H and O–H groups in total. The van der Waals surface area contributed by atoms with E-state index in [1.54, 1.807) is 12.1 Å². The highest BCUT2D eigenvalue weighted by atomic mass is 79.9. The summed E-state index contributed by atoms with van der Waals surface area (Å²) in [6.07, 6.45) is 0.00710. The molecular formula is C14H19BrFNO2. The molecule has 0 saturated carbocycles. The predicted octanol–water partition coefficient (Wildman–Crippen LogP) is 3.39. The number of benzene rings is 1. The minimum Gasteiger partial charge on any atom is -0.348 e. The van der Waals surface area contributed by atoms with Gasteiger partial charge >= 0.3 is 0 Å². The van der Waals surface area contributed by atoms with Crippen LogP contribution < -0.4 is 5.32 Å². The first kappa shape index (κ1) is 14.9. The van der Waals surface area contributed by atoms with Crippen LogP contribution in [-0.4, -0.2) is 25.0 Å². The molecule has 1 aromatic rings. The molecular weight excluding hydrogens is 313 g/mol. The molecule has 0 bridgehead atoms. The SMILES string of the molecule is CC(NCC1COC(C)(C)O1)c1cc(Br)ccc1F. The van der Waals surface area contributed by atoms with Gasteiger partial charge in [0.15, 0.2) is 5.79 Å². The molecule has 0 aliphatic carbocycles. The van der Waals surface area contributed by atoms with E-state index in [0.29, 0.717) is 18.7 Å². The molecule has 0 spiro atoms. The van der Waals surface area contributed by atoms with Crippen LogP contribution in [0.25, 0.3) is 0 Å². The van der Waals surface area contributed by atoms with Crippen molar-refractivity contribution < 1.29 is 13.9 Å². The van der Waals surface area contributed by atoms with Gasteiger partial charge in [-0.15, -0.1) is 0 Å². The van der Waals surface area contributed by atoms with Crippen LogP contribution in [0.15, 0.2) is 22.7 Å². The first-order valence-electron chi connectivity index (χ1n) is 6.37. The van der Waals surface area contributed by atoms with Gasteiger partial charge in [0.25, 0.3) is 0 Å². The summed E-state index contributed by atoms with van der Waals surface area (Å²) < 4.78 is 25.8. The quantitative estimate of drug-likeness (QED) is 0.917. The van der Waals surface area contributed by atoms with Gasteiger partial charge in [0.05, 0.1) is 12.7 Å². The fourth-order valence-corrected chi connectivity index (χ4v) is 2.51. The van der Waals surface area contributed by atoms with Crippen molar-refractivity contribution >= 4 is 15.9 Å². The van der Waals surface area contributed by atoms with Gasteiger partial charge < -0.3 is 14.8 Å². The van der Waals surface area contributed by atoms with Gasteiger partial charge in [0.2, 0.25) is 0 Å². The van der Waals surface area contributed by atoms with E-state index in [2.05, 4.69) is 21.2 Å². The van der Waals surface area contributed by atoms with E-state index in [0.717, 1.165) is 4.47 Å². The van der Waals surface area contributed by atoms with Gasteiger partial charge in [0, 0.05) is 22.6 Å². The van der Waals surface area contributed by atoms with Gasteiger partial charge in [-0.05, 0) is 39.0 Å². The molecule has 106 valence electrons. The molecule has 0 radical (unpaired) electrons. The Morgan fingerprint density at radius 3 is 2.89 bits per heavy atom. The normalized spacial score (nSPS) is 23.5. The Kier molecular flexibility index (Phi) is 4.61. The van der Waals surface area contributed by atoms with Crippen molar-refractivity contribution in [3.63, 3.8) is 0 Å². The fourth-order valence-electron chi connectivity index (χ4n) is 2.13. The molecule has 1 saturated heterocycles. The summed E-state index contributed by atoms with van der Waals surface area (Å²) in [4.78, 5) is 0. The van der Waals surface area contributed by atoms with E-state index in [1.807, 2.05) is 20.8 Å². The van der Waals surface area contributed by atoms with Crippen molar-refractivity contribution in [2.45, 2.75) is 38.7 Å². The van der Waals surface area contributed by atoms with Crippen LogP contribution in [0.2, 0.25) is 0 Å². The molecule has 1 heterocycles. The smallest absolute Gasteiger partial charge is 0.163 e. The summed E-state index contributed by atoms with van der Waals surface area (Å²) in [5.74, 6) is -0.719. The maximum Gasteiger partial charge on any atom is 0.163 e. The Balaban J connectivity index is 1.91. The van der Waals surface area contributed by atoms with Gasteiger partial charge in [-0.3, -0.25) is 0 Å². The zero-order valence-electron chi connectivity index (χ0n) is 11.4. The van der Waals surface area contributed by atoms with Crippen LogP contribution >= 0.6 is 15.9 Å². The third-order valence-electron chi connectivity index (χ3n) is 3.14. The van der Waals surface area contributed by atoms with E-state index < -0.39 is 5.79 Å². The third kappa shape index (κ3) is 3.99. The zero-order chi connectivity index (χ0) is 14.0. The predicted molar refractivity (Wildman–Crippen MR) is 75.4 cm³/mol. The summed E-state index contributed by atoms with van der Waals surface area (Å²) in [5.41, 5.74) is 0.646. The van der Waals surface area contributed by atoms with E-state index in [4.69, 9.17) is 9.47 Å². The molecule has 2 unspecified atom stereocenters. The number of hydrogen-bond acceptors (Lipinski definition) is 3. The van der Waals surface area contributed by atoms with Crippen LogP contribution in [0.4, 0.5) is 4.39 Å². The number of nitrogens with one attached hydrogen (secondary N) is 1. The van der Waals surface area contributed by atoms with Crippen LogP contribution in [-0.2, 0) is 9.47 Å². The average molecular weight is 332 g/mol. The van der Waals surface area contributed by atoms with Crippen LogP contribution in [0, 0.1) is 5.82 Å². The summed E-state index contributed by atoms with van der Waals surface area (Å²) in [6.45, 7) is 6.92. The Labute approximate surface area is 121 Å². The zero-order valence-corrected chi connectivity index (χ0v) is 13.0. The maximum atomic E-state index is 13.7. The van der Waals surface area contributed by atoms with Crippen molar-refractivity contribution in [1.82, 2.24) is 5.32 Å². The molecule has 5 heteroatoms. The first-order valence-corrected chi connectivity index (χ1v) is 7.17. The fraction of sp³-hybridized carbons (Fsp3) is 0.571.